The first-order chi connectivity index (χ1) is 11.9. The second-order valence-electron chi connectivity index (χ2n) is 6.68. The van der Waals surface area contributed by atoms with Gasteiger partial charge in [-0.25, -0.2) is 5.14 Å². The van der Waals surface area contributed by atoms with E-state index in [1.54, 1.807) is 0 Å². The van der Waals surface area contributed by atoms with E-state index in [0.717, 1.165) is 31.2 Å². The second kappa shape index (κ2) is 7.90. The molecule has 1 spiro atoms. The fourth-order valence-corrected chi connectivity index (χ4v) is 4.18. The maximum absolute atomic E-state index is 11.0. The van der Waals surface area contributed by atoms with Crippen molar-refractivity contribution in [2.75, 3.05) is 6.61 Å². The normalized spacial score (nSPS) is 26.2. The van der Waals surface area contributed by atoms with E-state index in [2.05, 4.69) is 4.18 Å². The molecule has 0 unspecified atom stereocenters. The minimum atomic E-state index is -3.95. The minimum absolute atomic E-state index is 0.0258. The monoisotopic (exact) mass is 389 g/mol. The first-order valence-corrected chi connectivity index (χ1v) is 10.5. The number of ether oxygens (including phenoxy) is 2. The average Bonchev–Trinajstić information content (AvgIpc) is 2.86. The highest BCUT2D eigenvalue weighted by atomic mass is 35.5. The van der Waals surface area contributed by atoms with Crippen LogP contribution in [0.25, 0.3) is 0 Å². The standard InChI is InChI=1S/C17H24ClNO5S/c18-14-7-3-2-6-13(14)12-16-15(8-11-22-25(19,20)21)23-17(24-16)9-4-1-5-10-17/h2-3,6-7,15-16H,1,4-5,8-12H2,(H2,19,20,21)/t15-,16-/m0/s1. The Morgan fingerprint density at radius 2 is 1.84 bits per heavy atom. The lowest BCUT2D eigenvalue weighted by molar-refractivity contribution is -0.194. The SMILES string of the molecule is NS(=O)(=O)OCC[C@@H]1OC2(CCCCC2)O[C@H]1Cc1ccccc1Cl. The Bertz CT molecular complexity index is 690. The zero-order valence-electron chi connectivity index (χ0n) is 14.0. The molecule has 1 aliphatic heterocycles. The zero-order chi connectivity index (χ0) is 17.9. The first-order valence-electron chi connectivity index (χ1n) is 8.63. The molecule has 3 rings (SSSR count). The number of hydrogen-bond donors (Lipinski definition) is 1. The Morgan fingerprint density at radius 1 is 1.16 bits per heavy atom. The van der Waals surface area contributed by atoms with Crippen molar-refractivity contribution in [2.45, 2.75) is 62.9 Å². The average molecular weight is 390 g/mol. The molecule has 1 saturated carbocycles. The van der Waals surface area contributed by atoms with Gasteiger partial charge in [0.25, 0.3) is 0 Å². The smallest absolute Gasteiger partial charge is 0.333 e. The Kier molecular flexibility index (Phi) is 6.03. The van der Waals surface area contributed by atoms with Crippen molar-refractivity contribution in [3.63, 3.8) is 0 Å². The van der Waals surface area contributed by atoms with E-state index >= 15 is 0 Å². The quantitative estimate of drug-likeness (QED) is 0.808. The van der Waals surface area contributed by atoms with Crippen LogP contribution in [0.5, 0.6) is 0 Å². The minimum Gasteiger partial charge on any atom is -0.344 e. The highest BCUT2D eigenvalue weighted by Crippen LogP contribution is 2.42. The fourth-order valence-electron chi connectivity index (χ4n) is 3.64. The summed E-state index contributed by atoms with van der Waals surface area (Å²) in [6.07, 6.45) is 5.60. The largest absolute Gasteiger partial charge is 0.344 e. The molecule has 0 radical (unpaired) electrons. The van der Waals surface area contributed by atoms with Crippen molar-refractivity contribution < 1.29 is 22.1 Å². The van der Waals surface area contributed by atoms with Crippen molar-refractivity contribution in [2.24, 2.45) is 5.14 Å². The topological polar surface area (TPSA) is 87.9 Å². The van der Waals surface area contributed by atoms with Gasteiger partial charge in [-0.05, 0) is 24.5 Å². The van der Waals surface area contributed by atoms with Gasteiger partial charge in [-0.1, -0.05) is 36.2 Å². The third kappa shape index (κ3) is 5.15. The van der Waals surface area contributed by atoms with E-state index in [1.165, 1.54) is 6.42 Å². The van der Waals surface area contributed by atoms with Gasteiger partial charge in [0, 0.05) is 30.7 Å². The Labute approximate surface area is 153 Å². The van der Waals surface area contributed by atoms with Gasteiger partial charge < -0.3 is 9.47 Å². The van der Waals surface area contributed by atoms with Crippen LogP contribution >= 0.6 is 11.6 Å². The highest BCUT2D eigenvalue weighted by Gasteiger charge is 2.47. The Balaban J connectivity index is 1.70. The molecular weight excluding hydrogens is 366 g/mol. The van der Waals surface area contributed by atoms with Crippen LogP contribution in [0.1, 0.15) is 44.1 Å². The zero-order valence-corrected chi connectivity index (χ0v) is 15.6. The maximum atomic E-state index is 11.0. The number of rotatable bonds is 6. The lowest BCUT2D eigenvalue weighted by Crippen LogP contribution is -2.33. The summed E-state index contributed by atoms with van der Waals surface area (Å²) in [4.78, 5) is 0. The van der Waals surface area contributed by atoms with Crippen LogP contribution in [0, 0.1) is 0 Å². The molecule has 0 amide bonds. The summed E-state index contributed by atoms with van der Waals surface area (Å²) in [5.74, 6) is -0.559. The summed E-state index contributed by atoms with van der Waals surface area (Å²) in [6, 6.07) is 7.64. The molecule has 2 atom stereocenters. The van der Waals surface area contributed by atoms with Crippen LogP contribution in [-0.2, 0) is 30.4 Å². The van der Waals surface area contributed by atoms with E-state index in [9.17, 15) is 8.42 Å². The van der Waals surface area contributed by atoms with Crippen LogP contribution in [-0.4, -0.2) is 33.0 Å². The predicted molar refractivity (Wildman–Crippen MR) is 94.4 cm³/mol. The van der Waals surface area contributed by atoms with Gasteiger partial charge in [-0.15, -0.1) is 0 Å². The molecule has 1 aromatic carbocycles. The van der Waals surface area contributed by atoms with E-state index in [-0.39, 0.29) is 18.8 Å². The summed E-state index contributed by atoms with van der Waals surface area (Å²) >= 11 is 6.27. The Morgan fingerprint density at radius 3 is 2.52 bits per heavy atom. The van der Waals surface area contributed by atoms with Gasteiger partial charge in [-0.3, -0.25) is 4.18 Å². The molecule has 140 valence electrons. The molecule has 25 heavy (non-hydrogen) atoms. The van der Waals surface area contributed by atoms with Gasteiger partial charge in [0.05, 0.1) is 18.8 Å². The lowest BCUT2D eigenvalue weighted by atomic mass is 9.94. The van der Waals surface area contributed by atoms with Crippen molar-refractivity contribution in [1.82, 2.24) is 0 Å². The van der Waals surface area contributed by atoms with E-state index in [4.69, 9.17) is 26.2 Å². The van der Waals surface area contributed by atoms with Gasteiger partial charge in [0.15, 0.2) is 5.79 Å². The van der Waals surface area contributed by atoms with Crippen LogP contribution < -0.4 is 5.14 Å². The molecular formula is C17H24ClNO5S. The van der Waals surface area contributed by atoms with Crippen molar-refractivity contribution in [3.05, 3.63) is 34.9 Å². The lowest BCUT2D eigenvalue weighted by Gasteiger charge is -2.32. The molecule has 2 fully saturated rings. The van der Waals surface area contributed by atoms with E-state index in [1.807, 2.05) is 24.3 Å². The van der Waals surface area contributed by atoms with Crippen LogP contribution in [0.2, 0.25) is 5.02 Å². The van der Waals surface area contributed by atoms with Gasteiger partial charge >= 0.3 is 10.3 Å². The number of nitrogens with two attached hydrogens (primary N) is 1. The highest BCUT2D eigenvalue weighted by molar-refractivity contribution is 7.84. The molecule has 0 bridgehead atoms. The summed E-state index contributed by atoms with van der Waals surface area (Å²) in [5.41, 5.74) is 0.989. The van der Waals surface area contributed by atoms with Crippen LogP contribution in [0.4, 0.5) is 0 Å². The van der Waals surface area contributed by atoms with Crippen LogP contribution in [0.15, 0.2) is 24.3 Å². The summed E-state index contributed by atoms with van der Waals surface area (Å²) in [6.45, 7) is -0.0258. The molecule has 0 aromatic heterocycles. The molecule has 2 aliphatic rings. The predicted octanol–water partition coefficient (Wildman–Crippen LogP) is 2.94. The molecule has 1 aliphatic carbocycles. The van der Waals surface area contributed by atoms with Gasteiger partial charge in [0.1, 0.15) is 0 Å². The maximum Gasteiger partial charge on any atom is 0.333 e. The van der Waals surface area contributed by atoms with Crippen LogP contribution in [0.3, 0.4) is 0 Å². The number of halogens is 1. The molecule has 1 heterocycles. The number of benzene rings is 1. The van der Waals surface area contributed by atoms with E-state index in [0.29, 0.717) is 17.9 Å². The second-order valence-corrected chi connectivity index (χ2v) is 8.31. The molecule has 8 heteroatoms. The van der Waals surface area contributed by atoms with Crippen molar-refractivity contribution >= 4 is 21.9 Å². The third-order valence-electron chi connectivity index (χ3n) is 4.79. The van der Waals surface area contributed by atoms with Gasteiger partial charge in [-0.2, -0.15) is 8.42 Å². The summed E-state index contributed by atoms with van der Waals surface area (Å²) in [5, 5.41) is 5.59. The fraction of sp³-hybridized carbons (Fsp3) is 0.647. The van der Waals surface area contributed by atoms with Crippen molar-refractivity contribution in [3.8, 4) is 0 Å². The van der Waals surface area contributed by atoms with E-state index < -0.39 is 16.1 Å². The molecule has 2 N–H and O–H groups in total. The molecule has 6 nitrogen and oxygen atoms in total. The van der Waals surface area contributed by atoms with Crippen molar-refractivity contribution in [1.29, 1.82) is 0 Å². The third-order valence-corrected chi connectivity index (χ3v) is 5.66. The summed E-state index contributed by atoms with van der Waals surface area (Å²) < 4.78 is 39.2. The number of hydrogen-bond acceptors (Lipinski definition) is 5. The summed E-state index contributed by atoms with van der Waals surface area (Å²) in [7, 11) is -3.95. The van der Waals surface area contributed by atoms with Gasteiger partial charge in [0.2, 0.25) is 0 Å². The molecule has 1 aromatic rings. The first kappa shape index (κ1) is 19.1. The molecule has 1 saturated heterocycles. The Hall–Kier alpha value is -0.700.